The third-order valence-corrected chi connectivity index (χ3v) is 4.03. The van der Waals surface area contributed by atoms with Crippen LogP contribution in [0.1, 0.15) is 40.0 Å². The van der Waals surface area contributed by atoms with Crippen LogP contribution in [-0.2, 0) is 4.79 Å². The normalized spacial score (nSPS) is 12.9. The minimum atomic E-state index is -0.259. The summed E-state index contributed by atoms with van der Waals surface area (Å²) in [5.41, 5.74) is 1.47. The Morgan fingerprint density at radius 2 is 1.58 bits per heavy atom. The van der Waals surface area contributed by atoms with Gasteiger partial charge in [0, 0.05) is 24.6 Å². The van der Waals surface area contributed by atoms with E-state index >= 15 is 0 Å². The highest BCUT2D eigenvalue weighted by Gasteiger charge is 2.24. The van der Waals surface area contributed by atoms with Gasteiger partial charge >= 0.3 is 0 Å². The maximum Gasteiger partial charge on any atom is 0.253 e. The van der Waals surface area contributed by atoms with Crippen molar-refractivity contribution in [1.29, 1.82) is 0 Å². The molecular weight excluding hydrogens is 330 g/mol. The van der Waals surface area contributed by atoms with Crippen molar-refractivity contribution in [2.24, 2.45) is 0 Å². The number of amides is 3. The molecule has 0 bridgehead atoms. The summed E-state index contributed by atoms with van der Waals surface area (Å²) in [4.78, 5) is 36.3. The number of carbonyl (C=O) groups excluding carboxylic acids is 3. The van der Waals surface area contributed by atoms with E-state index in [1.807, 2.05) is 6.07 Å². The van der Waals surface area contributed by atoms with E-state index in [9.17, 15) is 14.4 Å². The molecule has 0 heterocycles. The lowest BCUT2D eigenvalue weighted by Gasteiger charge is -2.11. The van der Waals surface area contributed by atoms with E-state index in [1.165, 1.54) is 0 Å². The fourth-order valence-electron chi connectivity index (χ4n) is 2.47. The van der Waals surface area contributed by atoms with Gasteiger partial charge in [0.25, 0.3) is 11.8 Å². The average Bonchev–Trinajstić information content (AvgIpc) is 3.46. The fourth-order valence-corrected chi connectivity index (χ4v) is 2.47. The minimum Gasteiger partial charge on any atom is -0.352 e. The van der Waals surface area contributed by atoms with Crippen LogP contribution in [0.25, 0.3) is 0 Å². The maximum atomic E-state index is 12.2. The van der Waals surface area contributed by atoms with Crippen molar-refractivity contribution < 1.29 is 14.4 Å². The molecule has 3 rings (SSSR count). The molecule has 1 aliphatic carbocycles. The number of benzene rings is 2. The summed E-state index contributed by atoms with van der Waals surface area (Å²) in [5.74, 6) is -0.659. The van der Waals surface area contributed by atoms with Gasteiger partial charge in [-0.15, -0.1) is 0 Å². The molecule has 1 saturated carbocycles. The number of hydrogen-bond acceptors (Lipinski definition) is 3. The Hall–Kier alpha value is -3.15. The lowest BCUT2D eigenvalue weighted by atomic mass is 10.1. The van der Waals surface area contributed by atoms with Gasteiger partial charge in [0.2, 0.25) is 5.91 Å². The first-order valence-corrected chi connectivity index (χ1v) is 8.66. The minimum absolute atomic E-state index is 0.122. The quantitative estimate of drug-likeness (QED) is 0.715. The molecule has 0 aliphatic heterocycles. The number of hydrogen-bond donors (Lipinski definition) is 3. The molecule has 1 fully saturated rings. The highest BCUT2D eigenvalue weighted by molar-refractivity contribution is 6.04. The van der Waals surface area contributed by atoms with Crippen LogP contribution in [-0.4, -0.2) is 30.3 Å². The molecule has 0 saturated heterocycles. The van der Waals surface area contributed by atoms with E-state index in [-0.39, 0.29) is 36.7 Å². The number of rotatable bonds is 7. The van der Waals surface area contributed by atoms with Gasteiger partial charge in [-0.25, -0.2) is 0 Å². The van der Waals surface area contributed by atoms with E-state index < -0.39 is 0 Å². The van der Waals surface area contributed by atoms with Gasteiger partial charge < -0.3 is 16.0 Å². The first-order valence-electron chi connectivity index (χ1n) is 8.66. The second-order valence-electron chi connectivity index (χ2n) is 6.21. The molecule has 2 aromatic carbocycles. The van der Waals surface area contributed by atoms with Gasteiger partial charge in [0.1, 0.15) is 0 Å². The standard InChI is InChI=1S/C20H21N3O3/c24-18(12-13-21-19(25)14-6-2-1-3-7-14)23-17-9-5-4-8-16(17)20(26)22-15-10-11-15/h1-9,15H,10-13H2,(H,21,25)(H,22,26)(H,23,24). The summed E-state index contributed by atoms with van der Waals surface area (Å²) < 4.78 is 0. The van der Waals surface area contributed by atoms with Gasteiger partial charge in [0.15, 0.2) is 0 Å². The van der Waals surface area contributed by atoms with Gasteiger partial charge in [-0.1, -0.05) is 30.3 Å². The van der Waals surface area contributed by atoms with Crippen LogP contribution in [0, 0.1) is 0 Å². The summed E-state index contributed by atoms with van der Waals surface area (Å²) in [7, 11) is 0. The molecule has 6 nitrogen and oxygen atoms in total. The van der Waals surface area contributed by atoms with Crippen molar-refractivity contribution in [2.45, 2.75) is 25.3 Å². The Morgan fingerprint density at radius 1 is 0.885 bits per heavy atom. The van der Waals surface area contributed by atoms with Crippen LogP contribution in [0.4, 0.5) is 5.69 Å². The number of carbonyl (C=O) groups is 3. The Kier molecular flexibility index (Phi) is 5.63. The Bertz CT molecular complexity index is 801. The third-order valence-electron chi connectivity index (χ3n) is 4.03. The van der Waals surface area contributed by atoms with Crippen LogP contribution < -0.4 is 16.0 Å². The fraction of sp³-hybridized carbons (Fsp3) is 0.250. The number of nitrogens with one attached hydrogen (secondary N) is 3. The van der Waals surface area contributed by atoms with Crippen molar-refractivity contribution in [3.8, 4) is 0 Å². The highest BCUT2D eigenvalue weighted by Crippen LogP contribution is 2.21. The SMILES string of the molecule is O=C(CCNC(=O)c1ccccc1)Nc1ccccc1C(=O)NC1CC1. The molecule has 2 aromatic rings. The zero-order valence-corrected chi connectivity index (χ0v) is 14.3. The second kappa shape index (κ2) is 8.29. The summed E-state index contributed by atoms with van der Waals surface area (Å²) in [6, 6.07) is 16.0. The van der Waals surface area contributed by atoms with Crippen molar-refractivity contribution in [2.75, 3.05) is 11.9 Å². The lowest BCUT2D eigenvalue weighted by Crippen LogP contribution is -2.29. The van der Waals surface area contributed by atoms with E-state index in [0.29, 0.717) is 16.8 Å². The molecule has 6 heteroatoms. The van der Waals surface area contributed by atoms with Crippen molar-refractivity contribution in [1.82, 2.24) is 10.6 Å². The smallest absolute Gasteiger partial charge is 0.253 e. The van der Waals surface area contributed by atoms with Gasteiger partial charge in [-0.05, 0) is 37.1 Å². The number of para-hydroxylation sites is 1. The lowest BCUT2D eigenvalue weighted by molar-refractivity contribution is -0.116. The Balaban J connectivity index is 1.50. The summed E-state index contributed by atoms with van der Waals surface area (Å²) in [5, 5.41) is 8.37. The Labute approximate surface area is 152 Å². The van der Waals surface area contributed by atoms with E-state index in [1.54, 1.807) is 48.5 Å². The zero-order chi connectivity index (χ0) is 18.4. The van der Waals surface area contributed by atoms with Gasteiger partial charge in [-0.2, -0.15) is 0 Å². The molecule has 3 N–H and O–H groups in total. The molecule has 0 atom stereocenters. The summed E-state index contributed by atoms with van der Waals surface area (Å²) >= 11 is 0. The van der Waals surface area contributed by atoms with Crippen LogP contribution in [0.2, 0.25) is 0 Å². The largest absolute Gasteiger partial charge is 0.352 e. The van der Waals surface area contributed by atoms with Crippen molar-refractivity contribution >= 4 is 23.4 Å². The zero-order valence-electron chi connectivity index (χ0n) is 14.3. The van der Waals surface area contributed by atoms with Crippen LogP contribution in [0.5, 0.6) is 0 Å². The van der Waals surface area contributed by atoms with Crippen LogP contribution in [0.15, 0.2) is 54.6 Å². The molecule has 3 amide bonds. The van der Waals surface area contributed by atoms with Gasteiger partial charge in [0.05, 0.1) is 11.3 Å². The highest BCUT2D eigenvalue weighted by atomic mass is 16.2. The van der Waals surface area contributed by atoms with E-state index in [0.717, 1.165) is 12.8 Å². The van der Waals surface area contributed by atoms with Crippen LogP contribution >= 0.6 is 0 Å². The Morgan fingerprint density at radius 3 is 2.31 bits per heavy atom. The van der Waals surface area contributed by atoms with E-state index in [2.05, 4.69) is 16.0 Å². The molecule has 0 radical (unpaired) electrons. The molecule has 26 heavy (non-hydrogen) atoms. The van der Waals surface area contributed by atoms with E-state index in [4.69, 9.17) is 0 Å². The summed E-state index contributed by atoms with van der Waals surface area (Å²) in [6.45, 7) is 0.218. The molecule has 0 aromatic heterocycles. The monoisotopic (exact) mass is 351 g/mol. The topological polar surface area (TPSA) is 87.3 Å². The first-order chi connectivity index (χ1) is 12.6. The van der Waals surface area contributed by atoms with Crippen molar-refractivity contribution in [3.05, 3.63) is 65.7 Å². The molecular formula is C20H21N3O3. The number of anilines is 1. The average molecular weight is 351 g/mol. The molecule has 0 spiro atoms. The predicted molar refractivity (Wildman–Crippen MR) is 99.0 cm³/mol. The molecule has 0 unspecified atom stereocenters. The summed E-state index contributed by atoms with van der Waals surface area (Å²) in [6.07, 6.45) is 2.12. The maximum absolute atomic E-state index is 12.2. The first kappa shape index (κ1) is 17.7. The molecule has 1 aliphatic rings. The third kappa shape index (κ3) is 4.92. The van der Waals surface area contributed by atoms with Crippen LogP contribution in [0.3, 0.4) is 0 Å². The van der Waals surface area contributed by atoms with Gasteiger partial charge in [-0.3, -0.25) is 14.4 Å². The predicted octanol–water partition coefficient (Wildman–Crippen LogP) is 2.34. The molecule has 134 valence electrons. The second-order valence-corrected chi connectivity index (χ2v) is 6.21. The van der Waals surface area contributed by atoms with Crippen molar-refractivity contribution in [3.63, 3.8) is 0 Å².